The molecule has 0 amide bonds. The number of aromatic nitrogens is 2. The summed E-state index contributed by atoms with van der Waals surface area (Å²) in [5.41, 5.74) is 1.81. The van der Waals surface area contributed by atoms with Crippen LogP contribution in [0.25, 0.3) is 21.7 Å². The first-order chi connectivity index (χ1) is 9.20. The van der Waals surface area contributed by atoms with Crippen molar-refractivity contribution in [2.45, 2.75) is 0 Å². The van der Waals surface area contributed by atoms with Crippen molar-refractivity contribution in [3.8, 4) is 10.7 Å². The molecule has 0 unspecified atom stereocenters. The van der Waals surface area contributed by atoms with Crippen LogP contribution in [0.4, 0.5) is 0 Å². The lowest BCUT2D eigenvalue weighted by molar-refractivity contribution is 0.0603. The van der Waals surface area contributed by atoms with Gasteiger partial charge >= 0.3 is 5.97 Å². The predicted molar refractivity (Wildman–Crippen MR) is 75.8 cm³/mol. The Bertz CT molecular complexity index is 763. The van der Waals surface area contributed by atoms with E-state index in [0.29, 0.717) is 21.9 Å². The zero-order valence-electron chi connectivity index (χ0n) is 9.94. The van der Waals surface area contributed by atoms with Gasteiger partial charge in [0.15, 0.2) is 0 Å². The molecule has 2 heterocycles. The average Bonchev–Trinajstić information content (AvgIpc) is 3.02. The molecule has 0 atom stereocenters. The second-order valence-electron chi connectivity index (χ2n) is 3.88. The molecule has 0 spiro atoms. The summed E-state index contributed by atoms with van der Waals surface area (Å²) >= 11 is 7.59. The Morgan fingerprint density at radius 2 is 2.26 bits per heavy atom. The van der Waals surface area contributed by atoms with Crippen LogP contribution < -0.4 is 0 Å². The molecule has 1 N–H and O–H groups in total. The molecule has 96 valence electrons. The van der Waals surface area contributed by atoms with E-state index in [1.165, 1.54) is 18.4 Å². The summed E-state index contributed by atoms with van der Waals surface area (Å²) in [7, 11) is 1.35. The van der Waals surface area contributed by atoms with Crippen molar-refractivity contribution < 1.29 is 9.53 Å². The number of carbonyl (C=O) groups excluding carboxylic acids is 1. The maximum atomic E-state index is 11.7. The number of para-hydroxylation sites is 1. The van der Waals surface area contributed by atoms with Crippen molar-refractivity contribution in [1.29, 1.82) is 0 Å². The number of fused-ring (bicyclic) bond motifs is 1. The third kappa shape index (κ3) is 2.01. The van der Waals surface area contributed by atoms with E-state index in [4.69, 9.17) is 16.3 Å². The quantitative estimate of drug-likeness (QED) is 0.732. The molecule has 0 aliphatic heterocycles. The number of imidazole rings is 1. The summed E-state index contributed by atoms with van der Waals surface area (Å²) in [5.74, 6) is 0.257. The number of esters is 1. The third-order valence-corrected chi connectivity index (χ3v) is 4.10. The van der Waals surface area contributed by atoms with Crippen LogP contribution in [0.3, 0.4) is 0 Å². The molecule has 0 fully saturated rings. The van der Waals surface area contributed by atoms with Crippen LogP contribution in [-0.2, 0) is 4.74 Å². The van der Waals surface area contributed by atoms with Gasteiger partial charge in [-0.15, -0.1) is 11.3 Å². The summed E-state index contributed by atoms with van der Waals surface area (Å²) in [6.07, 6.45) is 0. The molecule has 2 aromatic heterocycles. The number of methoxy groups -OCH3 is 1. The molecule has 0 aliphatic rings. The standard InChI is InChI=1S/C13H9ClN2O2S/c1-18-13(17)7-3-2-4-9-10(7)16-12(15-9)11-8(14)5-6-19-11/h2-6H,1H3,(H,15,16). The van der Waals surface area contributed by atoms with Gasteiger partial charge in [-0.1, -0.05) is 17.7 Å². The molecule has 19 heavy (non-hydrogen) atoms. The molecule has 0 radical (unpaired) electrons. The molecule has 3 rings (SSSR count). The maximum absolute atomic E-state index is 11.7. The fourth-order valence-corrected chi connectivity index (χ4v) is 2.97. The SMILES string of the molecule is COC(=O)c1cccc2[nH]c(-c3sccc3Cl)nc12. The Morgan fingerprint density at radius 3 is 2.95 bits per heavy atom. The summed E-state index contributed by atoms with van der Waals surface area (Å²) in [4.78, 5) is 20.2. The van der Waals surface area contributed by atoms with Crippen molar-refractivity contribution >= 4 is 39.9 Å². The van der Waals surface area contributed by atoms with Crippen molar-refractivity contribution in [1.82, 2.24) is 9.97 Å². The number of thiophene rings is 1. The number of rotatable bonds is 2. The van der Waals surface area contributed by atoms with Crippen LogP contribution in [0.15, 0.2) is 29.6 Å². The van der Waals surface area contributed by atoms with Gasteiger partial charge in [0.25, 0.3) is 0 Å². The summed E-state index contributed by atoms with van der Waals surface area (Å²) in [6, 6.07) is 7.15. The van der Waals surface area contributed by atoms with Gasteiger partial charge in [0.2, 0.25) is 0 Å². The molecule has 4 nitrogen and oxygen atoms in total. The van der Waals surface area contributed by atoms with Gasteiger partial charge < -0.3 is 9.72 Å². The first kappa shape index (κ1) is 12.2. The number of halogens is 1. The zero-order chi connectivity index (χ0) is 13.4. The lowest BCUT2D eigenvalue weighted by Crippen LogP contribution is -2.01. The fourth-order valence-electron chi connectivity index (χ4n) is 1.88. The van der Waals surface area contributed by atoms with Crippen LogP contribution in [0.1, 0.15) is 10.4 Å². The maximum Gasteiger partial charge on any atom is 0.340 e. The largest absolute Gasteiger partial charge is 0.465 e. The molecule has 6 heteroatoms. The van der Waals surface area contributed by atoms with Gasteiger partial charge in [-0.3, -0.25) is 0 Å². The highest BCUT2D eigenvalue weighted by Gasteiger charge is 2.16. The van der Waals surface area contributed by atoms with E-state index in [1.54, 1.807) is 12.1 Å². The summed E-state index contributed by atoms with van der Waals surface area (Å²) in [5, 5.41) is 2.54. The van der Waals surface area contributed by atoms with Gasteiger partial charge in [-0.25, -0.2) is 9.78 Å². The lowest BCUT2D eigenvalue weighted by atomic mass is 10.2. The molecule has 3 aromatic rings. The van der Waals surface area contributed by atoms with Gasteiger partial charge in [0, 0.05) is 0 Å². The minimum atomic E-state index is -0.402. The Hall–Kier alpha value is -1.85. The van der Waals surface area contributed by atoms with E-state index in [1.807, 2.05) is 17.5 Å². The highest BCUT2D eigenvalue weighted by molar-refractivity contribution is 7.14. The number of hydrogen-bond acceptors (Lipinski definition) is 4. The number of nitrogens with zero attached hydrogens (tertiary/aromatic N) is 1. The first-order valence-corrected chi connectivity index (χ1v) is 6.77. The molecular formula is C13H9ClN2O2S. The lowest BCUT2D eigenvalue weighted by Gasteiger charge is -1.98. The molecular weight excluding hydrogens is 284 g/mol. The highest BCUT2D eigenvalue weighted by Crippen LogP contribution is 2.33. The van der Waals surface area contributed by atoms with Gasteiger partial charge in [-0.2, -0.15) is 0 Å². The predicted octanol–water partition coefficient (Wildman–Crippen LogP) is 3.73. The Labute approximate surface area is 118 Å². The minimum Gasteiger partial charge on any atom is -0.465 e. The van der Waals surface area contributed by atoms with E-state index >= 15 is 0 Å². The van der Waals surface area contributed by atoms with E-state index < -0.39 is 5.97 Å². The van der Waals surface area contributed by atoms with Crippen LogP contribution >= 0.6 is 22.9 Å². The number of hydrogen-bond donors (Lipinski definition) is 1. The normalized spacial score (nSPS) is 10.8. The van der Waals surface area contributed by atoms with Crippen LogP contribution in [0, 0.1) is 0 Å². The van der Waals surface area contributed by atoms with E-state index in [-0.39, 0.29) is 0 Å². The molecule has 0 saturated carbocycles. The van der Waals surface area contributed by atoms with Crippen molar-refractivity contribution in [3.63, 3.8) is 0 Å². The monoisotopic (exact) mass is 292 g/mol. The van der Waals surface area contributed by atoms with Gasteiger partial charge in [-0.05, 0) is 23.6 Å². The molecule has 0 saturated heterocycles. The molecule has 0 aliphatic carbocycles. The van der Waals surface area contributed by atoms with Crippen LogP contribution in [0.2, 0.25) is 5.02 Å². The van der Waals surface area contributed by atoms with Gasteiger partial charge in [0.05, 0.1) is 28.1 Å². The van der Waals surface area contributed by atoms with E-state index in [9.17, 15) is 4.79 Å². The smallest absolute Gasteiger partial charge is 0.340 e. The first-order valence-electron chi connectivity index (χ1n) is 5.51. The number of carbonyl (C=O) groups is 1. The Kier molecular flexibility index (Phi) is 3.00. The van der Waals surface area contributed by atoms with Gasteiger partial charge in [0.1, 0.15) is 11.3 Å². The highest BCUT2D eigenvalue weighted by atomic mass is 35.5. The number of ether oxygens (including phenoxy) is 1. The average molecular weight is 293 g/mol. The molecule has 1 aromatic carbocycles. The number of nitrogens with one attached hydrogen (secondary N) is 1. The van der Waals surface area contributed by atoms with E-state index in [0.717, 1.165) is 10.4 Å². The van der Waals surface area contributed by atoms with Crippen molar-refractivity contribution in [2.75, 3.05) is 7.11 Å². The minimum absolute atomic E-state index is 0.402. The Balaban J connectivity index is 2.21. The van der Waals surface area contributed by atoms with Crippen LogP contribution in [-0.4, -0.2) is 23.0 Å². The fraction of sp³-hybridized carbons (Fsp3) is 0.0769. The summed E-state index contributed by atoms with van der Waals surface area (Å²) in [6.45, 7) is 0. The second-order valence-corrected chi connectivity index (χ2v) is 5.20. The topological polar surface area (TPSA) is 55.0 Å². The number of benzene rings is 1. The number of H-pyrrole nitrogens is 1. The Morgan fingerprint density at radius 1 is 1.42 bits per heavy atom. The second kappa shape index (κ2) is 4.68. The van der Waals surface area contributed by atoms with Crippen molar-refractivity contribution in [2.24, 2.45) is 0 Å². The zero-order valence-corrected chi connectivity index (χ0v) is 11.5. The molecule has 0 bridgehead atoms. The van der Waals surface area contributed by atoms with Crippen molar-refractivity contribution in [3.05, 3.63) is 40.2 Å². The summed E-state index contributed by atoms with van der Waals surface area (Å²) < 4.78 is 4.75. The van der Waals surface area contributed by atoms with Crippen LogP contribution in [0.5, 0.6) is 0 Å². The third-order valence-electron chi connectivity index (χ3n) is 2.75. The number of aromatic amines is 1. The van der Waals surface area contributed by atoms with E-state index in [2.05, 4.69) is 9.97 Å².